The minimum atomic E-state index is -0.0113. The molecule has 3 aromatic rings. The lowest BCUT2D eigenvalue weighted by atomic mass is 9.91. The van der Waals surface area contributed by atoms with E-state index >= 15 is 0 Å². The van der Waals surface area contributed by atoms with E-state index in [2.05, 4.69) is 24.4 Å². The first-order chi connectivity index (χ1) is 13.7. The molecule has 0 saturated carbocycles. The van der Waals surface area contributed by atoms with Crippen LogP contribution in [-0.2, 0) is 4.79 Å². The smallest absolute Gasteiger partial charge is 0.251 e. The van der Waals surface area contributed by atoms with Gasteiger partial charge in [-0.1, -0.05) is 66.7 Å². The number of nitrogens with zero attached hydrogens (tertiary/aromatic N) is 1. The van der Waals surface area contributed by atoms with Gasteiger partial charge in [0.25, 0.3) is 5.91 Å². The minimum Gasteiger partial charge on any atom is -0.382 e. The summed E-state index contributed by atoms with van der Waals surface area (Å²) in [7, 11) is 0. The van der Waals surface area contributed by atoms with Gasteiger partial charge in [0.05, 0.1) is 6.04 Å². The van der Waals surface area contributed by atoms with Gasteiger partial charge < -0.3 is 10.2 Å². The van der Waals surface area contributed by atoms with Crippen molar-refractivity contribution in [2.45, 2.75) is 25.4 Å². The van der Waals surface area contributed by atoms with Gasteiger partial charge in [0.2, 0.25) is 0 Å². The fourth-order valence-electron chi connectivity index (χ4n) is 3.81. The van der Waals surface area contributed by atoms with E-state index in [-0.39, 0.29) is 18.0 Å². The number of benzene rings is 3. The van der Waals surface area contributed by atoms with Gasteiger partial charge in [-0.05, 0) is 48.7 Å². The highest BCUT2D eigenvalue weighted by Crippen LogP contribution is 2.39. The molecule has 3 nitrogen and oxygen atoms in total. The second-order valence-corrected chi connectivity index (χ2v) is 7.17. The Morgan fingerprint density at radius 2 is 1.57 bits per heavy atom. The van der Waals surface area contributed by atoms with Crippen LogP contribution in [-0.4, -0.2) is 11.9 Å². The molecule has 140 valence electrons. The molecule has 0 aliphatic carbocycles. The fourth-order valence-corrected chi connectivity index (χ4v) is 3.81. The van der Waals surface area contributed by atoms with Gasteiger partial charge in [-0.25, -0.2) is 0 Å². The van der Waals surface area contributed by atoms with Crippen LogP contribution >= 0.6 is 0 Å². The summed E-state index contributed by atoms with van der Waals surface area (Å²) >= 11 is 0. The third kappa shape index (κ3) is 3.84. The summed E-state index contributed by atoms with van der Waals surface area (Å²) in [5, 5.41) is 3.54. The summed E-state index contributed by atoms with van der Waals surface area (Å²) in [6.45, 7) is 2.16. The standard InChI is InChI=1S/C25H24N2O/c1-19-18-24(22-14-8-9-15-23(22)26-19)27(21-12-6-3-7-13-21)25(28)17-16-20-10-4-2-5-11-20/h2-17,19,24,26H,18H2,1H3/b17-16+/t19-,24-/m0/s1. The number of nitrogens with one attached hydrogen (secondary N) is 1. The molecular weight excluding hydrogens is 344 g/mol. The fraction of sp³-hybridized carbons (Fsp3) is 0.160. The zero-order valence-corrected chi connectivity index (χ0v) is 16.0. The molecule has 4 rings (SSSR count). The van der Waals surface area contributed by atoms with Crippen LogP contribution in [0.25, 0.3) is 6.08 Å². The molecule has 0 radical (unpaired) electrons. The second kappa shape index (κ2) is 8.13. The topological polar surface area (TPSA) is 32.3 Å². The van der Waals surface area contributed by atoms with Crippen molar-refractivity contribution < 1.29 is 4.79 Å². The Balaban J connectivity index is 1.73. The van der Waals surface area contributed by atoms with Gasteiger partial charge in [0, 0.05) is 23.5 Å². The highest BCUT2D eigenvalue weighted by molar-refractivity contribution is 6.04. The number of amides is 1. The Morgan fingerprint density at radius 1 is 0.929 bits per heavy atom. The van der Waals surface area contributed by atoms with E-state index in [0.717, 1.165) is 28.9 Å². The van der Waals surface area contributed by atoms with Gasteiger partial charge >= 0.3 is 0 Å². The van der Waals surface area contributed by atoms with Gasteiger partial charge in [0.15, 0.2) is 0 Å². The number of carbonyl (C=O) groups excluding carboxylic acids is 1. The molecule has 3 aromatic carbocycles. The van der Waals surface area contributed by atoms with E-state index in [1.54, 1.807) is 6.08 Å². The monoisotopic (exact) mass is 368 g/mol. The summed E-state index contributed by atoms with van der Waals surface area (Å²) in [6, 6.07) is 28.4. The van der Waals surface area contributed by atoms with Crippen molar-refractivity contribution in [3.8, 4) is 0 Å². The number of anilines is 2. The van der Waals surface area contributed by atoms with E-state index in [0.29, 0.717) is 0 Å². The molecule has 1 heterocycles. The SMILES string of the molecule is C[C@H]1C[C@H](N(C(=O)/C=C/c2ccccc2)c2ccccc2)c2ccccc2N1. The first-order valence-electron chi connectivity index (χ1n) is 9.69. The van der Waals surface area contributed by atoms with Crippen molar-refractivity contribution in [2.24, 2.45) is 0 Å². The van der Waals surface area contributed by atoms with Crippen LogP contribution in [0, 0.1) is 0 Å². The average Bonchev–Trinajstić information content (AvgIpc) is 2.74. The Morgan fingerprint density at radius 3 is 2.32 bits per heavy atom. The number of para-hydroxylation sites is 2. The van der Waals surface area contributed by atoms with Crippen molar-refractivity contribution >= 4 is 23.4 Å². The lowest BCUT2D eigenvalue weighted by molar-refractivity contribution is -0.114. The number of rotatable bonds is 4. The zero-order chi connectivity index (χ0) is 19.3. The van der Waals surface area contributed by atoms with Gasteiger partial charge in [-0.2, -0.15) is 0 Å². The van der Waals surface area contributed by atoms with Gasteiger partial charge in [-0.15, -0.1) is 0 Å². The van der Waals surface area contributed by atoms with Crippen molar-refractivity contribution in [3.05, 3.63) is 102 Å². The Labute approximate surface area is 166 Å². The molecule has 0 spiro atoms. The van der Waals surface area contributed by atoms with Crippen molar-refractivity contribution in [3.63, 3.8) is 0 Å². The van der Waals surface area contributed by atoms with Crippen LogP contribution in [0.4, 0.5) is 11.4 Å². The molecule has 3 heteroatoms. The molecule has 1 aliphatic rings. The highest BCUT2D eigenvalue weighted by Gasteiger charge is 2.31. The largest absolute Gasteiger partial charge is 0.382 e. The first kappa shape index (κ1) is 18.1. The highest BCUT2D eigenvalue weighted by atomic mass is 16.2. The maximum absolute atomic E-state index is 13.4. The predicted octanol–water partition coefficient (Wildman–Crippen LogP) is 5.68. The summed E-state index contributed by atoms with van der Waals surface area (Å²) in [6.07, 6.45) is 4.42. The number of hydrogen-bond acceptors (Lipinski definition) is 2. The molecule has 1 N–H and O–H groups in total. The van der Waals surface area contributed by atoms with Crippen LogP contribution < -0.4 is 10.2 Å². The number of hydrogen-bond donors (Lipinski definition) is 1. The number of carbonyl (C=O) groups is 1. The molecular formula is C25H24N2O. The van der Waals surface area contributed by atoms with E-state index in [4.69, 9.17) is 0 Å². The maximum atomic E-state index is 13.4. The Kier molecular flexibility index (Phi) is 5.24. The Hall–Kier alpha value is -3.33. The van der Waals surface area contributed by atoms with Crippen LogP contribution in [0.5, 0.6) is 0 Å². The third-order valence-electron chi connectivity index (χ3n) is 5.10. The average molecular weight is 368 g/mol. The molecule has 0 fully saturated rings. The second-order valence-electron chi connectivity index (χ2n) is 7.17. The Bertz CT molecular complexity index is 966. The van der Waals surface area contributed by atoms with E-state index in [1.165, 1.54) is 0 Å². The van der Waals surface area contributed by atoms with Crippen LogP contribution in [0.15, 0.2) is 91.0 Å². The summed E-state index contributed by atoms with van der Waals surface area (Å²) in [5.41, 5.74) is 4.19. The zero-order valence-electron chi connectivity index (χ0n) is 16.0. The molecule has 2 atom stereocenters. The maximum Gasteiger partial charge on any atom is 0.251 e. The van der Waals surface area contributed by atoms with Crippen LogP contribution in [0.2, 0.25) is 0 Å². The van der Waals surface area contributed by atoms with Crippen molar-refractivity contribution in [1.29, 1.82) is 0 Å². The van der Waals surface area contributed by atoms with Gasteiger partial charge in [-0.3, -0.25) is 4.79 Å². The summed E-state index contributed by atoms with van der Waals surface area (Å²) in [5.74, 6) is -0.0102. The lowest BCUT2D eigenvalue weighted by Gasteiger charge is -2.38. The normalized spacial score (nSPS) is 18.3. The predicted molar refractivity (Wildman–Crippen MR) is 116 cm³/mol. The molecule has 1 aliphatic heterocycles. The quantitative estimate of drug-likeness (QED) is 0.601. The van der Waals surface area contributed by atoms with E-state index in [9.17, 15) is 4.79 Å². The van der Waals surface area contributed by atoms with Crippen LogP contribution in [0.3, 0.4) is 0 Å². The molecule has 28 heavy (non-hydrogen) atoms. The minimum absolute atomic E-state index is 0.0102. The lowest BCUT2D eigenvalue weighted by Crippen LogP contribution is -2.39. The number of fused-ring (bicyclic) bond motifs is 1. The van der Waals surface area contributed by atoms with Crippen molar-refractivity contribution in [2.75, 3.05) is 10.2 Å². The molecule has 1 amide bonds. The van der Waals surface area contributed by atoms with E-state index in [1.807, 2.05) is 83.8 Å². The first-order valence-corrected chi connectivity index (χ1v) is 9.69. The van der Waals surface area contributed by atoms with Crippen LogP contribution in [0.1, 0.15) is 30.5 Å². The third-order valence-corrected chi connectivity index (χ3v) is 5.10. The molecule has 0 saturated heterocycles. The molecule has 0 aromatic heterocycles. The molecule has 0 bridgehead atoms. The summed E-state index contributed by atoms with van der Waals surface area (Å²) < 4.78 is 0. The van der Waals surface area contributed by atoms with Gasteiger partial charge in [0.1, 0.15) is 0 Å². The van der Waals surface area contributed by atoms with E-state index < -0.39 is 0 Å². The van der Waals surface area contributed by atoms with Crippen molar-refractivity contribution in [1.82, 2.24) is 0 Å². The summed E-state index contributed by atoms with van der Waals surface area (Å²) in [4.78, 5) is 15.3. The molecule has 0 unspecified atom stereocenters.